The van der Waals surface area contributed by atoms with Gasteiger partial charge in [-0.05, 0) is 25.0 Å². The number of nitrogens with one attached hydrogen (secondary N) is 2. The number of hydrogen-bond donors (Lipinski definition) is 3. The third kappa shape index (κ3) is 4.33. The number of anilines is 1. The van der Waals surface area contributed by atoms with Gasteiger partial charge in [0, 0.05) is 18.6 Å². The van der Waals surface area contributed by atoms with Crippen LogP contribution in [0.4, 0.5) is 5.69 Å². The average Bonchev–Trinajstić information content (AvgIpc) is 2.92. The lowest BCUT2D eigenvalue weighted by Gasteiger charge is -2.26. The van der Waals surface area contributed by atoms with Gasteiger partial charge in [-0.1, -0.05) is 42.1 Å². The molecule has 1 aromatic carbocycles. The highest BCUT2D eigenvalue weighted by Crippen LogP contribution is 2.36. The first-order valence-electron chi connectivity index (χ1n) is 7.12. The topological polar surface area (TPSA) is 61.4 Å². The van der Waals surface area contributed by atoms with Gasteiger partial charge in [0.1, 0.15) is 0 Å². The van der Waals surface area contributed by atoms with Gasteiger partial charge >= 0.3 is 0 Å². The first kappa shape index (κ1) is 16.6. The van der Waals surface area contributed by atoms with E-state index in [0.717, 1.165) is 25.7 Å². The van der Waals surface area contributed by atoms with Crippen LogP contribution in [0.5, 0.6) is 0 Å². The fourth-order valence-corrected chi connectivity index (χ4v) is 3.25. The lowest BCUT2D eigenvalue weighted by atomic mass is 9.87. The molecule has 0 unspecified atom stereocenters. The number of carbonyl (C=O) groups is 1. The van der Waals surface area contributed by atoms with Crippen LogP contribution in [0.3, 0.4) is 0 Å². The number of para-hydroxylation sites is 1. The second-order valence-corrected chi connectivity index (χ2v) is 6.43. The van der Waals surface area contributed by atoms with Crippen LogP contribution in [0.1, 0.15) is 25.7 Å². The molecule has 2 rings (SSSR count). The summed E-state index contributed by atoms with van der Waals surface area (Å²) in [6, 6.07) is 5.08. The van der Waals surface area contributed by atoms with E-state index in [1.165, 1.54) is 0 Å². The molecular weight excluding hydrogens is 311 g/mol. The Bertz CT molecular complexity index is 482. The van der Waals surface area contributed by atoms with E-state index in [0.29, 0.717) is 22.3 Å². The van der Waals surface area contributed by atoms with E-state index in [4.69, 9.17) is 23.2 Å². The van der Waals surface area contributed by atoms with Crippen molar-refractivity contribution >= 4 is 34.8 Å². The fraction of sp³-hybridized carbons (Fsp3) is 0.533. The van der Waals surface area contributed by atoms with E-state index in [1.54, 1.807) is 18.2 Å². The molecule has 1 aromatic rings. The average molecular weight is 331 g/mol. The highest BCUT2D eigenvalue weighted by molar-refractivity contribution is 6.39. The standard InChI is InChI=1S/C15H20Cl2N2O2/c16-11-4-3-5-12(17)14(11)19-13(21)8-18-9-15(10-20)6-1-2-7-15/h3-5,18,20H,1-2,6-10H2,(H,19,21). The van der Waals surface area contributed by atoms with Gasteiger partial charge in [-0.15, -0.1) is 0 Å². The number of rotatable bonds is 6. The first-order chi connectivity index (χ1) is 10.1. The zero-order valence-corrected chi connectivity index (χ0v) is 13.3. The van der Waals surface area contributed by atoms with Gasteiger partial charge in [0.25, 0.3) is 0 Å². The predicted octanol–water partition coefficient (Wildman–Crippen LogP) is 3.07. The predicted molar refractivity (Wildman–Crippen MR) is 85.9 cm³/mol. The summed E-state index contributed by atoms with van der Waals surface area (Å²) in [5.74, 6) is -0.198. The number of aliphatic hydroxyl groups is 1. The van der Waals surface area contributed by atoms with Crippen LogP contribution >= 0.6 is 23.2 Å². The van der Waals surface area contributed by atoms with Crippen LogP contribution in [0.15, 0.2) is 18.2 Å². The van der Waals surface area contributed by atoms with Crippen LogP contribution in [0, 0.1) is 5.41 Å². The van der Waals surface area contributed by atoms with Crippen molar-refractivity contribution in [3.8, 4) is 0 Å². The van der Waals surface area contributed by atoms with Gasteiger partial charge in [-0.2, -0.15) is 0 Å². The molecule has 1 aliphatic carbocycles. The van der Waals surface area contributed by atoms with Crippen molar-refractivity contribution in [1.82, 2.24) is 5.32 Å². The second-order valence-electron chi connectivity index (χ2n) is 5.61. The van der Waals surface area contributed by atoms with E-state index in [9.17, 15) is 9.90 Å². The smallest absolute Gasteiger partial charge is 0.238 e. The fourth-order valence-electron chi connectivity index (χ4n) is 2.76. The molecule has 1 aliphatic rings. The molecule has 1 fully saturated rings. The highest BCUT2D eigenvalue weighted by atomic mass is 35.5. The minimum atomic E-state index is -0.198. The third-order valence-electron chi connectivity index (χ3n) is 4.01. The third-order valence-corrected chi connectivity index (χ3v) is 4.64. The van der Waals surface area contributed by atoms with E-state index in [1.807, 2.05) is 0 Å². The van der Waals surface area contributed by atoms with Gasteiger partial charge < -0.3 is 15.7 Å². The summed E-state index contributed by atoms with van der Waals surface area (Å²) in [6.45, 7) is 0.981. The number of amides is 1. The van der Waals surface area contributed by atoms with Crippen molar-refractivity contribution in [3.63, 3.8) is 0 Å². The van der Waals surface area contributed by atoms with Crippen LogP contribution in [-0.4, -0.2) is 30.7 Å². The number of carbonyl (C=O) groups excluding carboxylic acids is 1. The number of hydrogen-bond acceptors (Lipinski definition) is 3. The lowest BCUT2D eigenvalue weighted by molar-refractivity contribution is -0.115. The Morgan fingerprint density at radius 1 is 1.24 bits per heavy atom. The minimum absolute atomic E-state index is 0.0671. The molecule has 4 nitrogen and oxygen atoms in total. The molecule has 0 heterocycles. The van der Waals surface area contributed by atoms with Crippen molar-refractivity contribution < 1.29 is 9.90 Å². The highest BCUT2D eigenvalue weighted by Gasteiger charge is 2.32. The van der Waals surface area contributed by atoms with Crippen LogP contribution in [0.25, 0.3) is 0 Å². The maximum absolute atomic E-state index is 11.9. The summed E-state index contributed by atoms with van der Waals surface area (Å²) in [4.78, 5) is 11.9. The zero-order chi connectivity index (χ0) is 15.3. The lowest BCUT2D eigenvalue weighted by Crippen LogP contribution is -2.38. The van der Waals surface area contributed by atoms with Crippen molar-refractivity contribution in [1.29, 1.82) is 0 Å². The number of halogens is 2. The Morgan fingerprint density at radius 2 is 1.86 bits per heavy atom. The second kappa shape index (κ2) is 7.45. The summed E-state index contributed by atoms with van der Waals surface area (Å²) < 4.78 is 0. The molecule has 0 atom stereocenters. The Labute approximate surface area is 134 Å². The molecule has 0 spiro atoms. The zero-order valence-electron chi connectivity index (χ0n) is 11.8. The maximum atomic E-state index is 11.9. The van der Waals surface area contributed by atoms with E-state index < -0.39 is 0 Å². The van der Waals surface area contributed by atoms with E-state index in [2.05, 4.69) is 10.6 Å². The van der Waals surface area contributed by atoms with Crippen molar-refractivity contribution in [2.24, 2.45) is 5.41 Å². The molecular formula is C15H20Cl2N2O2. The van der Waals surface area contributed by atoms with Crippen molar-refractivity contribution in [3.05, 3.63) is 28.2 Å². The molecule has 0 aliphatic heterocycles. The van der Waals surface area contributed by atoms with E-state index >= 15 is 0 Å². The summed E-state index contributed by atoms with van der Waals surface area (Å²) in [5, 5.41) is 16.2. The molecule has 116 valence electrons. The molecule has 21 heavy (non-hydrogen) atoms. The number of benzene rings is 1. The van der Waals surface area contributed by atoms with Crippen LogP contribution < -0.4 is 10.6 Å². The first-order valence-corrected chi connectivity index (χ1v) is 7.87. The molecule has 3 N–H and O–H groups in total. The van der Waals surface area contributed by atoms with Gasteiger partial charge in [-0.3, -0.25) is 4.79 Å². The number of aliphatic hydroxyl groups excluding tert-OH is 1. The Balaban J connectivity index is 1.82. The molecule has 6 heteroatoms. The van der Waals surface area contributed by atoms with Gasteiger partial charge in [-0.25, -0.2) is 0 Å². The Morgan fingerprint density at radius 3 is 2.43 bits per heavy atom. The summed E-state index contributed by atoms with van der Waals surface area (Å²) in [5.41, 5.74) is 0.368. The largest absolute Gasteiger partial charge is 0.396 e. The van der Waals surface area contributed by atoms with Gasteiger partial charge in [0.2, 0.25) is 5.91 Å². The monoisotopic (exact) mass is 330 g/mol. The normalized spacial score (nSPS) is 16.9. The van der Waals surface area contributed by atoms with Gasteiger partial charge in [0.15, 0.2) is 0 Å². The van der Waals surface area contributed by atoms with Crippen molar-refractivity contribution in [2.75, 3.05) is 25.0 Å². The summed E-state index contributed by atoms with van der Waals surface area (Å²) in [7, 11) is 0. The maximum Gasteiger partial charge on any atom is 0.238 e. The quantitative estimate of drug-likeness (QED) is 0.751. The molecule has 1 amide bonds. The van der Waals surface area contributed by atoms with E-state index in [-0.39, 0.29) is 24.5 Å². The molecule has 1 saturated carbocycles. The van der Waals surface area contributed by atoms with Crippen LogP contribution in [-0.2, 0) is 4.79 Å². The Hall–Kier alpha value is -0.810. The molecule has 0 radical (unpaired) electrons. The van der Waals surface area contributed by atoms with Crippen molar-refractivity contribution in [2.45, 2.75) is 25.7 Å². The molecule has 0 aromatic heterocycles. The minimum Gasteiger partial charge on any atom is -0.396 e. The van der Waals surface area contributed by atoms with Crippen LogP contribution in [0.2, 0.25) is 10.0 Å². The molecule has 0 saturated heterocycles. The summed E-state index contributed by atoms with van der Waals surface area (Å²) in [6.07, 6.45) is 4.30. The SMILES string of the molecule is O=C(CNCC1(CO)CCCC1)Nc1c(Cl)cccc1Cl. The summed E-state index contributed by atoms with van der Waals surface area (Å²) >= 11 is 12.0. The molecule has 0 bridgehead atoms. The Kier molecular flexibility index (Phi) is 5.88. The van der Waals surface area contributed by atoms with Gasteiger partial charge in [0.05, 0.1) is 22.3 Å².